The van der Waals surface area contributed by atoms with E-state index in [2.05, 4.69) is 9.97 Å². The number of pyridine rings is 2. The number of nitrogens with zero attached hydrogens (tertiary/aromatic N) is 1. The molecule has 0 aliphatic carbocycles. The molecule has 0 amide bonds. The van der Waals surface area contributed by atoms with Gasteiger partial charge in [0.15, 0.2) is 0 Å². The molecule has 4 aromatic rings. The first kappa shape index (κ1) is 14.5. The fraction of sp³-hybridized carbons (Fsp3) is 0. The maximum Gasteiger partial charge on any atom is 0.260 e. The molecular weight excluding hydrogens is 324 g/mol. The monoisotopic (exact) mass is 336 g/mol. The average Bonchev–Trinajstić information content (AvgIpc) is 3.09. The lowest BCUT2D eigenvalue weighted by molar-refractivity contribution is 0.473. The molecule has 5 nitrogen and oxygen atoms in total. The number of thiophene rings is 1. The van der Waals surface area contributed by atoms with E-state index in [1.807, 2.05) is 11.4 Å². The van der Waals surface area contributed by atoms with E-state index in [1.165, 1.54) is 17.5 Å². The van der Waals surface area contributed by atoms with Crippen LogP contribution in [0.3, 0.4) is 0 Å². The van der Waals surface area contributed by atoms with Crippen LogP contribution in [-0.2, 0) is 0 Å². The highest BCUT2D eigenvalue weighted by Crippen LogP contribution is 2.36. The summed E-state index contributed by atoms with van der Waals surface area (Å²) in [4.78, 5) is 19.8. The molecule has 0 atom stereocenters. The van der Waals surface area contributed by atoms with Crippen LogP contribution in [0.25, 0.3) is 32.5 Å². The van der Waals surface area contributed by atoms with Gasteiger partial charge in [-0.05, 0) is 35.2 Å². The summed E-state index contributed by atoms with van der Waals surface area (Å²) in [5.74, 6) is 0.0173. The Hall–Kier alpha value is -3.12. The quantitative estimate of drug-likeness (QED) is 0.520. The lowest BCUT2D eigenvalue weighted by Crippen LogP contribution is -2.08. The third-order valence-electron chi connectivity index (χ3n) is 3.81. The van der Waals surface area contributed by atoms with Gasteiger partial charge in [-0.1, -0.05) is 12.1 Å². The molecule has 0 aliphatic heterocycles. The van der Waals surface area contributed by atoms with Crippen LogP contribution in [0, 0.1) is 0 Å². The molecule has 1 aromatic carbocycles. The molecule has 24 heavy (non-hydrogen) atoms. The number of H-pyrrole nitrogens is 1. The summed E-state index contributed by atoms with van der Waals surface area (Å²) in [5, 5.41) is 22.6. The molecular formula is C18H12N2O3S. The van der Waals surface area contributed by atoms with Gasteiger partial charge in [-0.3, -0.25) is 9.78 Å². The number of hydrogen-bond acceptors (Lipinski definition) is 5. The van der Waals surface area contributed by atoms with Crippen molar-refractivity contribution in [3.05, 3.63) is 64.5 Å². The van der Waals surface area contributed by atoms with Crippen LogP contribution in [0.2, 0.25) is 0 Å². The average molecular weight is 336 g/mol. The van der Waals surface area contributed by atoms with E-state index in [0.717, 1.165) is 11.1 Å². The number of hydrogen-bond donors (Lipinski definition) is 3. The van der Waals surface area contributed by atoms with Crippen molar-refractivity contribution in [3.63, 3.8) is 0 Å². The van der Waals surface area contributed by atoms with Crippen molar-refractivity contribution in [1.82, 2.24) is 9.97 Å². The minimum absolute atomic E-state index is 0.0498. The minimum atomic E-state index is -0.325. The van der Waals surface area contributed by atoms with E-state index >= 15 is 0 Å². The minimum Gasteiger partial charge on any atom is -0.506 e. The Morgan fingerprint density at radius 2 is 1.92 bits per heavy atom. The topological polar surface area (TPSA) is 86.2 Å². The van der Waals surface area contributed by atoms with Crippen molar-refractivity contribution in [3.8, 4) is 33.1 Å². The lowest BCUT2D eigenvalue weighted by Gasteiger charge is -2.08. The normalized spacial score (nSPS) is 11.0. The number of rotatable bonds is 2. The van der Waals surface area contributed by atoms with E-state index in [-0.39, 0.29) is 22.6 Å². The molecule has 0 saturated heterocycles. The summed E-state index contributed by atoms with van der Waals surface area (Å²) in [5.41, 5.74) is 2.00. The van der Waals surface area contributed by atoms with Crippen LogP contribution >= 0.6 is 11.3 Å². The third-order valence-corrected chi connectivity index (χ3v) is 4.70. The summed E-state index contributed by atoms with van der Waals surface area (Å²) in [6, 6.07) is 10.5. The lowest BCUT2D eigenvalue weighted by atomic mass is 10.0. The van der Waals surface area contributed by atoms with Crippen LogP contribution in [-0.4, -0.2) is 20.2 Å². The third kappa shape index (κ3) is 2.33. The highest BCUT2D eigenvalue weighted by Gasteiger charge is 2.15. The Kier molecular flexibility index (Phi) is 3.32. The molecule has 0 radical (unpaired) electrons. The second-order valence-electron chi connectivity index (χ2n) is 5.35. The van der Waals surface area contributed by atoms with Crippen molar-refractivity contribution < 1.29 is 10.2 Å². The smallest absolute Gasteiger partial charge is 0.260 e. The van der Waals surface area contributed by atoms with Gasteiger partial charge in [0.2, 0.25) is 0 Å². The number of aromatic nitrogens is 2. The number of benzene rings is 1. The Bertz CT molecular complexity index is 1100. The van der Waals surface area contributed by atoms with E-state index in [1.54, 1.807) is 36.5 Å². The molecule has 0 unspecified atom stereocenters. The number of fused-ring (bicyclic) bond motifs is 1. The van der Waals surface area contributed by atoms with E-state index < -0.39 is 0 Å². The molecule has 0 spiro atoms. The molecule has 3 heterocycles. The summed E-state index contributed by atoms with van der Waals surface area (Å²) in [6.45, 7) is 0. The SMILES string of the molecule is O=c1[nH]c2ccc(-c3cncc(O)c3)cc2c(O)c1-c1cccs1. The van der Waals surface area contributed by atoms with Gasteiger partial charge in [0.1, 0.15) is 11.5 Å². The van der Waals surface area contributed by atoms with Crippen LogP contribution in [0.15, 0.2) is 59.0 Å². The molecule has 3 N–H and O–H groups in total. The van der Waals surface area contributed by atoms with Crippen molar-refractivity contribution in [2.24, 2.45) is 0 Å². The van der Waals surface area contributed by atoms with Crippen LogP contribution in [0.1, 0.15) is 0 Å². The first-order valence-electron chi connectivity index (χ1n) is 7.21. The maximum absolute atomic E-state index is 12.3. The number of nitrogens with one attached hydrogen (secondary N) is 1. The molecule has 118 valence electrons. The second kappa shape index (κ2) is 5.50. The largest absolute Gasteiger partial charge is 0.506 e. The fourth-order valence-electron chi connectivity index (χ4n) is 2.69. The first-order valence-corrected chi connectivity index (χ1v) is 8.09. The van der Waals surface area contributed by atoms with Crippen molar-refractivity contribution in [2.45, 2.75) is 0 Å². The van der Waals surface area contributed by atoms with Crippen LogP contribution in [0.4, 0.5) is 0 Å². The Morgan fingerprint density at radius 1 is 1.04 bits per heavy atom. The summed E-state index contributed by atoms with van der Waals surface area (Å²) in [6.07, 6.45) is 2.98. The molecule has 3 aromatic heterocycles. The van der Waals surface area contributed by atoms with Gasteiger partial charge >= 0.3 is 0 Å². The second-order valence-corrected chi connectivity index (χ2v) is 6.29. The highest BCUT2D eigenvalue weighted by molar-refractivity contribution is 7.13. The Balaban J connectivity index is 1.98. The van der Waals surface area contributed by atoms with Crippen LogP contribution in [0.5, 0.6) is 11.5 Å². The standard InChI is InChI=1S/C18H12N2O3S/c21-12-6-11(8-19-9-12)10-3-4-14-13(7-10)17(22)16(18(23)20-14)15-2-1-5-24-15/h1-9,21H,(H2,20,22,23). The van der Waals surface area contributed by atoms with Gasteiger partial charge < -0.3 is 15.2 Å². The van der Waals surface area contributed by atoms with Crippen molar-refractivity contribution in [2.75, 3.05) is 0 Å². The zero-order valence-corrected chi connectivity index (χ0v) is 13.2. The van der Waals surface area contributed by atoms with Gasteiger partial charge in [-0.15, -0.1) is 11.3 Å². The molecule has 0 aliphatic rings. The zero-order chi connectivity index (χ0) is 16.7. The molecule has 4 rings (SSSR count). The fourth-order valence-corrected chi connectivity index (χ4v) is 3.46. The van der Waals surface area contributed by atoms with Gasteiger partial charge in [-0.25, -0.2) is 0 Å². The van der Waals surface area contributed by atoms with Gasteiger partial charge in [0, 0.05) is 22.0 Å². The van der Waals surface area contributed by atoms with Gasteiger partial charge in [0.25, 0.3) is 5.56 Å². The Labute approximate surface area is 140 Å². The zero-order valence-electron chi connectivity index (χ0n) is 12.4. The predicted molar refractivity (Wildman–Crippen MR) is 94.4 cm³/mol. The number of aromatic hydroxyl groups is 2. The summed E-state index contributed by atoms with van der Waals surface area (Å²) in [7, 11) is 0. The molecule has 0 bridgehead atoms. The molecule has 0 fully saturated rings. The van der Waals surface area contributed by atoms with Crippen molar-refractivity contribution in [1.29, 1.82) is 0 Å². The maximum atomic E-state index is 12.3. The first-order chi connectivity index (χ1) is 11.6. The van der Waals surface area contributed by atoms with Crippen molar-refractivity contribution >= 4 is 22.2 Å². The molecule has 6 heteroatoms. The van der Waals surface area contributed by atoms with E-state index in [9.17, 15) is 15.0 Å². The highest BCUT2D eigenvalue weighted by atomic mass is 32.1. The van der Waals surface area contributed by atoms with Gasteiger partial charge in [-0.2, -0.15) is 0 Å². The predicted octanol–water partition coefficient (Wildman–Crippen LogP) is 3.73. The van der Waals surface area contributed by atoms with Gasteiger partial charge in [0.05, 0.1) is 17.3 Å². The summed E-state index contributed by atoms with van der Waals surface area (Å²) < 4.78 is 0. The molecule has 0 saturated carbocycles. The van der Waals surface area contributed by atoms with E-state index in [0.29, 0.717) is 15.8 Å². The van der Waals surface area contributed by atoms with E-state index in [4.69, 9.17) is 0 Å². The van der Waals surface area contributed by atoms with Crippen LogP contribution < -0.4 is 5.56 Å². The Morgan fingerprint density at radius 3 is 2.67 bits per heavy atom. The number of aromatic amines is 1. The summed E-state index contributed by atoms with van der Waals surface area (Å²) >= 11 is 1.39.